The second kappa shape index (κ2) is 19.4. The third-order valence-corrected chi connectivity index (χ3v) is 0. The molecule has 0 spiro atoms. The van der Waals surface area contributed by atoms with Crippen LogP contribution in [0.25, 0.3) is 0 Å². The predicted molar refractivity (Wildman–Crippen MR) is 0.686 cm³/mol. The second-order valence-electron chi connectivity index (χ2n) is 0. The van der Waals surface area contributed by atoms with Gasteiger partial charge in [-0.3, -0.25) is 0 Å². The fraction of sp³-hybridized carbons (Fsp3) is 0. The van der Waals surface area contributed by atoms with E-state index in [1.165, 1.54) is 0 Å². The van der Waals surface area contributed by atoms with E-state index in [0.717, 1.165) is 0 Å². The summed E-state index contributed by atoms with van der Waals surface area (Å²) in [5.74, 6) is 0. The Morgan fingerprint density at radius 3 is 0.500 bits per heavy atom. The van der Waals surface area contributed by atoms with Crippen LogP contribution in [-0.2, 0) is 70.6 Å². The molecule has 0 N–H and O–H groups in total. The summed E-state index contributed by atoms with van der Waals surface area (Å²) >= 11 is 0. The van der Waals surface area contributed by atoms with Crippen LogP contribution in [0.5, 0.6) is 0 Å². The van der Waals surface area contributed by atoms with Crippen LogP contribution in [0.3, 0.4) is 0 Å². The Bertz CT molecular complexity index is 3.25. The van der Waals surface area contributed by atoms with E-state index in [4.69, 9.17) is 0 Å². The van der Waals surface area contributed by atoms with Crippen LogP contribution >= 0.6 is 0 Å². The van der Waals surface area contributed by atoms with Crippen LogP contribution in [0.15, 0.2) is 0 Å². The molecule has 0 fully saturated rings. The normalized spacial score (nSPS) is 0. The van der Waals surface area contributed by atoms with E-state index in [2.05, 4.69) is 0 Å². The molecule has 0 aliphatic heterocycles. The first kappa shape index (κ1) is 35.9. The summed E-state index contributed by atoms with van der Waals surface area (Å²) in [5.41, 5.74) is 0. The first-order valence-corrected chi connectivity index (χ1v) is 0. The minimum atomic E-state index is 0. The van der Waals surface area contributed by atoms with Gasteiger partial charge in [-0.05, 0) is 0 Å². The molecule has 0 rings (SSSR count). The van der Waals surface area contributed by atoms with Gasteiger partial charge < -0.3 is 5.48 Å². The summed E-state index contributed by atoms with van der Waals surface area (Å²) in [5, 5.41) is 0. The monoisotopic (exact) mass is 160 g/mol. The van der Waals surface area contributed by atoms with E-state index >= 15 is 0 Å². The van der Waals surface area contributed by atoms with Crippen molar-refractivity contribution in [2.45, 2.75) is 0 Å². The van der Waals surface area contributed by atoms with Gasteiger partial charge in [0.1, 0.15) is 0 Å². The van der Waals surface area contributed by atoms with Gasteiger partial charge in [0.05, 0.1) is 0 Å². The van der Waals surface area contributed by atoms with Gasteiger partial charge in [-0.25, -0.2) is 0 Å². The average molecular weight is 160 g/mol. The van der Waals surface area contributed by atoms with Crippen molar-refractivity contribution < 1.29 is 70.6 Å². The summed E-state index contributed by atoms with van der Waals surface area (Å²) in [6.07, 6.45) is 0. The summed E-state index contributed by atoms with van der Waals surface area (Å²) in [4.78, 5) is 0. The molecule has 0 atom stereocenters. The molecule has 0 aromatic heterocycles. The smallest absolute Gasteiger partial charge is 2.00 e. The van der Waals surface area contributed by atoms with E-state index in [9.17, 15) is 0 Å². The van der Waals surface area contributed by atoms with Crippen molar-refractivity contribution in [2.75, 3.05) is 0 Å². The Hall–Kier alpha value is 2.10. The van der Waals surface area contributed by atoms with Crippen molar-refractivity contribution in [1.82, 2.24) is 0 Å². The van der Waals surface area contributed by atoms with Gasteiger partial charge >= 0.3 is 65.2 Å². The zero-order valence-electron chi connectivity index (χ0n) is 1.91. The van der Waals surface area contributed by atoms with Crippen molar-refractivity contribution >= 4 is 0 Å². The Kier molecular flexibility index (Phi) is 175. The molecule has 1 nitrogen and oxygen atoms in total. The standard InChI is InChI=1S/O.3Ti/q-2;3*+4. The molecule has 4 heteroatoms. The molecule has 0 heterocycles. The van der Waals surface area contributed by atoms with Gasteiger partial charge in [0.15, 0.2) is 0 Å². The van der Waals surface area contributed by atoms with Crippen molar-refractivity contribution in [3.63, 3.8) is 0 Å². The van der Waals surface area contributed by atoms with Crippen LogP contribution in [0.2, 0.25) is 0 Å². The summed E-state index contributed by atoms with van der Waals surface area (Å²) in [6, 6.07) is 0. The summed E-state index contributed by atoms with van der Waals surface area (Å²) in [7, 11) is 0. The van der Waals surface area contributed by atoms with Gasteiger partial charge in [-0.15, -0.1) is 0 Å². The van der Waals surface area contributed by atoms with Gasteiger partial charge in [-0.1, -0.05) is 0 Å². The summed E-state index contributed by atoms with van der Waals surface area (Å²) in [6.45, 7) is 0. The molecule has 0 saturated heterocycles. The molecular formula is OTi3+10. The van der Waals surface area contributed by atoms with Crippen LogP contribution in [0.1, 0.15) is 0 Å². The molecule has 0 aliphatic rings. The molecule has 0 aromatic carbocycles. The average Bonchev–Trinajstić information content (AvgIpc) is 0. The Labute approximate surface area is 69.9 Å². The maximum atomic E-state index is 0. The molecule has 0 radical (unpaired) electrons. The predicted octanol–water partition coefficient (Wildman–Crippen LogP) is -0.126. The molecule has 8 valence electrons. The fourth-order valence-electron chi connectivity index (χ4n) is 0. The van der Waals surface area contributed by atoms with Crippen LogP contribution in [0, 0.1) is 0 Å². The van der Waals surface area contributed by atoms with Crippen molar-refractivity contribution in [2.24, 2.45) is 0 Å². The van der Waals surface area contributed by atoms with E-state index < -0.39 is 0 Å². The molecule has 4 heavy (non-hydrogen) atoms. The zero-order valence-corrected chi connectivity index (χ0v) is 6.59. The minimum absolute atomic E-state index is 0. The fourth-order valence-corrected chi connectivity index (χ4v) is 0. The van der Waals surface area contributed by atoms with Crippen molar-refractivity contribution in [3.8, 4) is 0 Å². The molecule has 0 aliphatic carbocycles. The van der Waals surface area contributed by atoms with E-state index in [1.54, 1.807) is 0 Å². The Morgan fingerprint density at radius 2 is 0.500 bits per heavy atom. The minimum Gasteiger partial charge on any atom is -2.00 e. The quantitative estimate of drug-likeness (QED) is 0.441. The van der Waals surface area contributed by atoms with E-state index in [1.807, 2.05) is 0 Å². The van der Waals surface area contributed by atoms with Crippen LogP contribution < -0.4 is 0 Å². The summed E-state index contributed by atoms with van der Waals surface area (Å²) < 4.78 is 0. The first-order valence-electron chi connectivity index (χ1n) is 0. The molecule has 0 bridgehead atoms. The third kappa shape index (κ3) is 8.93. The van der Waals surface area contributed by atoms with Crippen molar-refractivity contribution in [3.05, 3.63) is 0 Å². The Balaban J connectivity index is 0. The molecular weight excluding hydrogens is 160 g/mol. The van der Waals surface area contributed by atoms with E-state index in [-0.39, 0.29) is 70.6 Å². The second-order valence-corrected chi connectivity index (χ2v) is 0. The molecule has 0 amide bonds. The third-order valence-electron chi connectivity index (χ3n) is 0. The number of hydrogen-bond acceptors (Lipinski definition) is 0. The number of rotatable bonds is 0. The van der Waals surface area contributed by atoms with Crippen molar-refractivity contribution in [1.29, 1.82) is 0 Å². The largest absolute Gasteiger partial charge is 4.00 e. The van der Waals surface area contributed by atoms with Gasteiger partial charge in [0.25, 0.3) is 0 Å². The first-order chi connectivity index (χ1) is 0. The van der Waals surface area contributed by atoms with Crippen LogP contribution in [0.4, 0.5) is 0 Å². The SMILES string of the molecule is [O-2].[Ti+4].[Ti+4].[Ti+4]. The van der Waals surface area contributed by atoms with Gasteiger partial charge in [0, 0.05) is 0 Å². The molecule has 0 aromatic rings. The zero-order chi connectivity index (χ0) is 0. The van der Waals surface area contributed by atoms with Gasteiger partial charge in [-0.2, -0.15) is 0 Å². The molecule has 0 unspecified atom stereocenters. The molecule has 0 saturated carbocycles. The van der Waals surface area contributed by atoms with E-state index in [0.29, 0.717) is 0 Å². The maximum absolute atomic E-state index is 0. The van der Waals surface area contributed by atoms with Crippen LogP contribution in [-0.4, -0.2) is 0 Å². The Morgan fingerprint density at radius 1 is 0.500 bits per heavy atom. The van der Waals surface area contributed by atoms with Gasteiger partial charge in [0.2, 0.25) is 0 Å². The number of hydrogen-bond donors (Lipinski definition) is 0. The maximum Gasteiger partial charge on any atom is 4.00 e. The topological polar surface area (TPSA) is 28.5 Å².